The number of nitrogens with zero attached hydrogens (tertiary/aromatic N) is 4. The Morgan fingerprint density at radius 1 is 1.56 bits per heavy atom. The van der Waals surface area contributed by atoms with Crippen molar-refractivity contribution in [1.29, 1.82) is 5.26 Å². The Labute approximate surface area is 105 Å². The number of hydrogen-bond acceptors (Lipinski definition) is 4. The number of aliphatic hydroxyl groups excluding tert-OH is 1. The first-order valence-electron chi connectivity index (χ1n) is 5.81. The number of amides is 1. The summed E-state index contributed by atoms with van der Waals surface area (Å²) in [5, 5.41) is 22.8. The molecule has 0 radical (unpaired) electrons. The van der Waals surface area contributed by atoms with E-state index in [9.17, 15) is 9.90 Å². The first-order valence-corrected chi connectivity index (χ1v) is 5.81. The number of β-amino-alcohol motifs (C(OH)–C–C–N with tert-alkyl or cyclic N) is 1. The van der Waals surface area contributed by atoms with Crippen molar-refractivity contribution in [2.75, 3.05) is 11.4 Å². The van der Waals surface area contributed by atoms with Crippen LogP contribution in [0.1, 0.15) is 32.8 Å². The van der Waals surface area contributed by atoms with Crippen LogP contribution >= 0.6 is 0 Å². The maximum Gasteiger partial charge on any atom is 0.230 e. The molecule has 0 aromatic carbocycles. The summed E-state index contributed by atoms with van der Waals surface area (Å²) in [6.07, 6.45) is 0.881. The van der Waals surface area contributed by atoms with Gasteiger partial charge in [0.05, 0.1) is 30.8 Å². The second-order valence-corrected chi connectivity index (χ2v) is 5.44. The monoisotopic (exact) mass is 248 g/mol. The zero-order valence-electron chi connectivity index (χ0n) is 10.7. The Kier molecular flexibility index (Phi) is 2.87. The van der Waals surface area contributed by atoms with Gasteiger partial charge in [0.25, 0.3) is 0 Å². The van der Waals surface area contributed by atoms with E-state index < -0.39 is 6.10 Å². The summed E-state index contributed by atoms with van der Waals surface area (Å²) < 4.78 is 1.65. The fourth-order valence-corrected chi connectivity index (χ4v) is 2.06. The number of rotatable bonds is 1. The molecule has 0 aliphatic carbocycles. The first kappa shape index (κ1) is 12.6. The topological polar surface area (TPSA) is 82.2 Å². The lowest BCUT2D eigenvalue weighted by Gasteiger charge is -2.26. The molecule has 1 aliphatic rings. The fraction of sp³-hybridized carbons (Fsp3) is 0.583. The van der Waals surface area contributed by atoms with Crippen LogP contribution in [0.15, 0.2) is 6.20 Å². The third-order valence-electron chi connectivity index (χ3n) is 2.86. The minimum atomic E-state index is -0.674. The highest BCUT2D eigenvalue weighted by molar-refractivity contribution is 5.96. The summed E-state index contributed by atoms with van der Waals surface area (Å²) in [7, 11) is 0. The Balaban J connectivity index is 2.52. The van der Waals surface area contributed by atoms with E-state index in [-0.39, 0.29) is 24.4 Å². The zero-order valence-corrected chi connectivity index (χ0v) is 10.7. The van der Waals surface area contributed by atoms with Crippen molar-refractivity contribution in [2.45, 2.75) is 38.8 Å². The molecule has 0 spiro atoms. The largest absolute Gasteiger partial charge is 0.391 e. The predicted molar refractivity (Wildman–Crippen MR) is 64.9 cm³/mol. The van der Waals surface area contributed by atoms with E-state index >= 15 is 0 Å². The van der Waals surface area contributed by atoms with Gasteiger partial charge in [-0.05, 0) is 20.8 Å². The number of aliphatic hydroxyl groups is 1. The molecule has 1 unspecified atom stereocenters. The average Bonchev–Trinajstić information content (AvgIpc) is 2.79. The van der Waals surface area contributed by atoms with Gasteiger partial charge >= 0.3 is 0 Å². The molecule has 1 atom stereocenters. The maximum atomic E-state index is 11.8. The Hall–Kier alpha value is -1.87. The van der Waals surface area contributed by atoms with E-state index in [0.717, 1.165) is 0 Å². The second-order valence-electron chi connectivity index (χ2n) is 5.44. The van der Waals surface area contributed by atoms with Gasteiger partial charge in [0.15, 0.2) is 5.82 Å². The van der Waals surface area contributed by atoms with E-state index in [1.807, 2.05) is 26.8 Å². The lowest BCUT2D eigenvalue weighted by atomic mass is 10.1. The van der Waals surface area contributed by atoms with Crippen LogP contribution in [0.4, 0.5) is 5.82 Å². The van der Waals surface area contributed by atoms with Crippen molar-refractivity contribution in [3.63, 3.8) is 0 Å². The van der Waals surface area contributed by atoms with E-state index in [4.69, 9.17) is 5.26 Å². The van der Waals surface area contributed by atoms with Gasteiger partial charge in [0, 0.05) is 0 Å². The Bertz CT molecular complexity index is 521. The summed E-state index contributed by atoms with van der Waals surface area (Å²) in [5.41, 5.74) is 0.0190. The van der Waals surface area contributed by atoms with Gasteiger partial charge < -0.3 is 5.11 Å². The molecule has 0 saturated carbocycles. The van der Waals surface area contributed by atoms with Crippen LogP contribution < -0.4 is 4.90 Å². The van der Waals surface area contributed by atoms with Gasteiger partial charge in [-0.15, -0.1) is 0 Å². The molecule has 0 bridgehead atoms. The molecule has 6 heteroatoms. The second kappa shape index (κ2) is 4.10. The molecule has 1 amide bonds. The van der Waals surface area contributed by atoms with E-state index in [1.54, 1.807) is 4.68 Å². The van der Waals surface area contributed by atoms with Crippen LogP contribution in [0.2, 0.25) is 0 Å². The molecule has 1 aromatic rings. The highest BCUT2D eigenvalue weighted by atomic mass is 16.3. The van der Waals surface area contributed by atoms with Gasteiger partial charge in [-0.1, -0.05) is 0 Å². The van der Waals surface area contributed by atoms with E-state index in [0.29, 0.717) is 11.4 Å². The molecular weight excluding hydrogens is 232 g/mol. The summed E-state index contributed by atoms with van der Waals surface area (Å²) in [4.78, 5) is 13.3. The molecule has 1 fully saturated rings. The van der Waals surface area contributed by atoms with E-state index in [1.165, 1.54) is 11.1 Å². The van der Waals surface area contributed by atoms with Crippen LogP contribution in [0.25, 0.3) is 0 Å². The number of carbonyl (C=O) groups excluding carboxylic acids is 1. The van der Waals surface area contributed by atoms with Gasteiger partial charge in [-0.2, -0.15) is 10.4 Å². The lowest BCUT2D eigenvalue weighted by molar-refractivity contribution is -0.117. The van der Waals surface area contributed by atoms with Crippen molar-refractivity contribution in [3.8, 4) is 6.07 Å². The Morgan fingerprint density at radius 2 is 2.22 bits per heavy atom. The SMILES string of the molecule is CC(C)(C)n1ncc(C#N)c1N1CC(O)CC1=O. The van der Waals surface area contributed by atoms with Crippen molar-refractivity contribution < 1.29 is 9.90 Å². The smallest absolute Gasteiger partial charge is 0.230 e. The Morgan fingerprint density at radius 3 is 2.67 bits per heavy atom. The molecule has 1 aliphatic heterocycles. The highest BCUT2D eigenvalue weighted by Gasteiger charge is 2.35. The van der Waals surface area contributed by atoms with Crippen LogP contribution in [0.3, 0.4) is 0 Å². The lowest BCUT2D eigenvalue weighted by Crippen LogP contribution is -2.33. The molecule has 6 nitrogen and oxygen atoms in total. The molecule has 96 valence electrons. The van der Waals surface area contributed by atoms with Gasteiger partial charge in [-0.3, -0.25) is 9.69 Å². The van der Waals surface area contributed by atoms with Crippen LogP contribution in [-0.2, 0) is 10.3 Å². The van der Waals surface area contributed by atoms with Crippen LogP contribution in [0, 0.1) is 11.3 Å². The third-order valence-corrected chi connectivity index (χ3v) is 2.86. The molecule has 18 heavy (non-hydrogen) atoms. The molecule has 2 rings (SSSR count). The van der Waals surface area contributed by atoms with Crippen molar-refractivity contribution in [1.82, 2.24) is 9.78 Å². The van der Waals surface area contributed by atoms with Crippen molar-refractivity contribution in [3.05, 3.63) is 11.8 Å². The predicted octanol–water partition coefficient (Wildman–Crippen LogP) is 0.607. The third kappa shape index (κ3) is 1.97. The van der Waals surface area contributed by atoms with E-state index in [2.05, 4.69) is 5.10 Å². The molecule has 1 aromatic heterocycles. The van der Waals surface area contributed by atoms with Gasteiger partial charge in [-0.25, -0.2) is 4.68 Å². The van der Waals surface area contributed by atoms with Crippen LogP contribution in [-0.4, -0.2) is 33.4 Å². The zero-order chi connectivity index (χ0) is 13.5. The van der Waals surface area contributed by atoms with Gasteiger partial charge in [0.1, 0.15) is 11.6 Å². The number of nitriles is 1. The number of anilines is 1. The standard InChI is InChI=1S/C12H16N4O2/c1-12(2,3)16-11(8(5-13)6-14-16)15-7-9(17)4-10(15)18/h6,9,17H,4,7H2,1-3H3. The highest BCUT2D eigenvalue weighted by Crippen LogP contribution is 2.29. The summed E-state index contributed by atoms with van der Waals surface area (Å²) in [5.74, 6) is 0.302. The first-order chi connectivity index (χ1) is 8.34. The fourth-order valence-electron chi connectivity index (χ4n) is 2.06. The number of hydrogen-bond donors (Lipinski definition) is 1. The molecule has 1 N–H and O–H groups in total. The summed E-state index contributed by atoms with van der Waals surface area (Å²) in [6.45, 7) is 6.06. The minimum Gasteiger partial charge on any atom is -0.391 e. The minimum absolute atomic E-state index is 0.0974. The van der Waals surface area contributed by atoms with Crippen molar-refractivity contribution >= 4 is 11.7 Å². The quantitative estimate of drug-likeness (QED) is 0.789. The number of aromatic nitrogens is 2. The normalized spacial score (nSPS) is 20.3. The molecule has 1 saturated heterocycles. The summed E-state index contributed by atoms with van der Waals surface area (Å²) in [6, 6.07) is 2.04. The van der Waals surface area contributed by atoms with Crippen LogP contribution in [0.5, 0.6) is 0 Å². The average molecular weight is 248 g/mol. The summed E-state index contributed by atoms with van der Waals surface area (Å²) >= 11 is 0. The number of carbonyl (C=O) groups is 1. The molecular formula is C12H16N4O2. The maximum absolute atomic E-state index is 11.8. The molecule has 2 heterocycles. The van der Waals surface area contributed by atoms with Crippen molar-refractivity contribution in [2.24, 2.45) is 0 Å². The van der Waals surface area contributed by atoms with Gasteiger partial charge in [0.2, 0.25) is 5.91 Å².